The summed E-state index contributed by atoms with van der Waals surface area (Å²) in [7, 11) is -2.43. The summed E-state index contributed by atoms with van der Waals surface area (Å²) < 4.78 is 15.4. The van der Waals surface area contributed by atoms with Gasteiger partial charge in [-0.05, 0) is 48.0 Å². The molecule has 1 aliphatic carbocycles. The highest BCUT2D eigenvalue weighted by atomic mass is 79.9. The molecule has 2 aromatic rings. The van der Waals surface area contributed by atoms with Gasteiger partial charge in [0.1, 0.15) is 13.5 Å². The van der Waals surface area contributed by atoms with Crippen LogP contribution in [0.2, 0.25) is 51.4 Å². The van der Waals surface area contributed by atoms with E-state index in [1.807, 2.05) is 10.7 Å². The highest BCUT2D eigenvalue weighted by Crippen LogP contribution is 2.56. The van der Waals surface area contributed by atoms with Crippen molar-refractivity contribution in [1.29, 1.82) is 0 Å². The van der Waals surface area contributed by atoms with Gasteiger partial charge in [-0.25, -0.2) is 4.68 Å². The summed E-state index contributed by atoms with van der Waals surface area (Å²) in [6.45, 7) is 23.0. The Labute approximate surface area is 258 Å². The normalized spacial score (nSPS) is 20.8. The molecule has 226 valence electrons. The number of hydrogen-bond donors (Lipinski definition) is 0. The highest BCUT2D eigenvalue weighted by Gasteiger charge is 2.52. The molecule has 0 amide bonds. The molecule has 0 saturated carbocycles. The number of aromatic nitrogens is 2. The van der Waals surface area contributed by atoms with Crippen molar-refractivity contribution in [3.8, 4) is 0 Å². The Morgan fingerprint density at radius 3 is 2.20 bits per heavy atom. The molecule has 0 spiro atoms. The number of rotatable bonds is 12. The summed E-state index contributed by atoms with van der Waals surface area (Å²) >= 11 is 3.71. The van der Waals surface area contributed by atoms with Crippen LogP contribution in [0.5, 0.6) is 0 Å². The number of nitrogens with zero attached hydrogens (tertiary/aromatic N) is 3. The van der Waals surface area contributed by atoms with E-state index in [0.717, 1.165) is 64.2 Å². The molecule has 1 aliphatic heterocycles. The van der Waals surface area contributed by atoms with Crippen LogP contribution in [0.1, 0.15) is 51.2 Å². The topological polar surface area (TPSA) is 56.6 Å². The molecular weight excluding hydrogens is 610 g/mol. The molecule has 6 nitrogen and oxygen atoms in total. The molecule has 0 saturated heterocycles. The van der Waals surface area contributed by atoms with E-state index in [0.29, 0.717) is 26.5 Å². The Balaban J connectivity index is 1.83. The second-order valence-corrected chi connectivity index (χ2v) is 27.2. The molecule has 9 heteroatoms. The van der Waals surface area contributed by atoms with Crippen molar-refractivity contribution in [2.75, 3.05) is 24.8 Å². The number of ether oxygens (including phenoxy) is 2. The standard InChI is InChI=1S/C32H50BrN3O3Si2/c1-10-32(24-12-11-13-25(33)18-24)26-21-35(22-38-14-16-40(4,5)6)34-30(26)36(23-39-15-17-41(7,8)9)27-19-31(2,3)20-28(37)29(27)32/h11-13,18,21H,10,14-17,19-20,22-23H2,1-9H3. The van der Waals surface area contributed by atoms with Gasteiger partial charge in [0.2, 0.25) is 0 Å². The largest absolute Gasteiger partial charge is 0.361 e. The summed E-state index contributed by atoms with van der Waals surface area (Å²) in [5, 5.41) is 5.15. The average molecular weight is 661 g/mol. The van der Waals surface area contributed by atoms with Crippen molar-refractivity contribution in [3.05, 3.63) is 57.3 Å². The fourth-order valence-electron chi connectivity index (χ4n) is 6.08. The van der Waals surface area contributed by atoms with Crippen molar-refractivity contribution in [2.45, 2.75) is 104 Å². The molecule has 41 heavy (non-hydrogen) atoms. The summed E-state index contributed by atoms with van der Waals surface area (Å²) in [6.07, 6.45) is 4.23. The van der Waals surface area contributed by atoms with Crippen LogP contribution >= 0.6 is 15.9 Å². The zero-order chi connectivity index (χ0) is 30.2. The van der Waals surface area contributed by atoms with E-state index < -0.39 is 21.6 Å². The number of allylic oxidation sites excluding steroid dienone is 2. The molecule has 0 fully saturated rings. The van der Waals surface area contributed by atoms with Crippen LogP contribution in [0.3, 0.4) is 0 Å². The SMILES string of the molecule is CCC1(c2cccc(Br)c2)C2=C(CC(C)(C)CC2=O)N(COCC[Si](C)(C)C)c2nn(COCC[Si](C)(C)C)cc21. The minimum absolute atomic E-state index is 0.136. The van der Waals surface area contributed by atoms with E-state index in [-0.39, 0.29) is 11.2 Å². The van der Waals surface area contributed by atoms with Crippen LogP contribution < -0.4 is 4.90 Å². The summed E-state index contributed by atoms with van der Waals surface area (Å²) in [6, 6.07) is 10.7. The van der Waals surface area contributed by atoms with Gasteiger partial charge in [0, 0.05) is 63.3 Å². The quantitative estimate of drug-likeness (QED) is 0.169. The van der Waals surface area contributed by atoms with Crippen LogP contribution in [0.25, 0.3) is 0 Å². The maximum absolute atomic E-state index is 14.2. The van der Waals surface area contributed by atoms with Gasteiger partial charge in [0.25, 0.3) is 0 Å². The molecule has 2 heterocycles. The van der Waals surface area contributed by atoms with Gasteiger partial charge < -0.3 is 14.4 Å². The first kappa shape index (κ1) is 32.4. The van der Waals surface area contributed by atoms with Crippen molar-refractivity contribution in [2.24, 2.45) is 5.41 Å². The van der Waals surface area contributed by atoms with E-state index >= 15 is 0 Å². The number of hydrogen-bond acceptors (Lipinski definition) is 5. The Hall–Kier alpha value is -1.53. The number of benzene rings is 1. The number of Topliss-reactive ketones (excluding diaryl/α,β-unsaturated/α-hetero) is 1. The van der Waals surface area contributed by atoms with Gasteiger partial charge in [-0.3, -0.25) is 4.79 Å². The smallest absolute Gasteiger partial charge is 0.162 e. The maximum atomic E-state index is 14.2. The highest BCUT2D eigenvalue weighted by molar-refractivity contribution is 9.10. The first-order valence-electron chi connectivity index (χ1n) is 15.1. The van der Waals surface area contributed by atoms with Crippen LogP contribution in [-0.2, 0) is 26.4 Å². The molecule has 2 aliphatic rings. The second-order valence-electron chi connectivity index (χ2n) is 15.1. The molecule has 4 rings (SSSR count). The lowest BCUT2D eigenvalue weighted by Crippen LogP contribution is -2.47. The molecule has 1 aromatic heterocycles. The predicted molar refractivity (Wildman–Crippen MR) is 178 cm³/mol. The number of carbonyl (C=O) groups excluding carboxylic acids is 1. The third-order valence-electron chi connectivity index (χ3n) is 8.35. The Morgan fingerprint density at radius 1 is 0.976 bits per heavy atom. The van der Waals surface area contributed by atoms with Crippen LogP contribution in [0.15, 0.2) is 46.2 Å². The minimum Gasteiger partial charge on any atom is -0.361 e. The van der Waals surface area contributed by atoms with E-state index in [1.54, 1.807) is 0 Å². The van der Waals surface area contributed by atoms with Crippen LogP contribution in [-0.4, -0.2) is 51.7 Å². The number of ketones is 1. The summed E-state index contributed by atoms with van der Waals surface area (Å²) in [4.78, 5) is 16.4. The maximum Gasteiger partial charge on any atom is 0.162 e. The lowest BCUT2D eigenvalue weighted by Gasteiger charge is -2.48. The van der Waals surface area contributed by atoms with E-state index in [9.17, 15) is 4.79 Å². The summed E-state index contributed by atoms with van der Waals surface area (Å²) in [5.74, 6) is 1.12. The third-order valence-corrected chi connectivity index (χ3v) is 12.2. The molecular formula is C32H50BrN3O3Si2. The predicted octanol–water partition coefficient (Wildman–Crippen LogP) is 8.43. The molecule has 1 atom stereocenters. The first-order chi connectivity index (χ1) is 19.1. The van der Waals surface area contributed by atoms with Gasteiger partial charge in [-0.2, -0.15) is 5.10 Å². The van der Waals surface area contributed by atoms with Crippen molar-refractivity contribution in [1.82, 2.24) is 9.78 Å². The Morgan fingerprint density at radius 2 is 1.61 bits per heavy atom. The van der Waals surface area contributed by atoms with Gasteiger partial charge >= 0.3 is 0 Å². The zero-order valence-electron chi connectivity index (χ0n) is 26.7. The van der Waals surface area contributed by atoms with E-state index in [4.69, 9.17) is 14.6 Å². The Bertz CT molecular complexity index is 1290. The monoisotopic (exact) mass is 659 g/mol. The third kappa shape index (κ3) is 7.35. The van der Waals surface area contributed by atoms with Gasteiger partial charge in [0.15, 0.2) is 11.6 Å². The van der Waals surface area contributed by atoms with Crippen LogP contribution in [0, 0.1) is 5.41 Å². The lowest BCUT2D eigenvalue weighted by atomic mass is 9.60. The van der Waals surface area contributed by atoms with Crippen molar-refractivity contribution >= 4 is 43.7 Å². The number of carbonyl (C=O) groups is 1. The van der Waals surface area contributed by atoms with Gasteiger partial charge in [-0.1, -0.05) is 88.1 Å². The van der Waals surface area contributed by atoms with E-state index in [2.05, 4.69) is 105 Å². The number of anilines is 1. The molecule has 1 aromatic carbocycles. The lowest BCUT2D eigenvalue weighted by molar-refractivity contribution is -0.118. The molecule has 0 bridgehead atoms. The number of fused-ring (bicyclic) bond motifs is 1. The first-order valence-corrected chi connectivity index (χ1v) is 23.3. The van der Waals surface area contributed by atoms with E-state index in [1.165, 1.54) is 0 Å². The number of halogens is 1. The summed E-state index contributed by atoms with van der Waals surface area (Å²) in [5.41, 5.74) is 3.44. The average Bonchev–Trinajstić information content (AvgIpc) is 3.27. The van der Waals surface area contributed by atoms with Crippen molar-refractivity contribution in [3.63, 3.8) is 0 Å². The zero-order valence-corrected chi connectivity index (χ0v) is 30.3. The fraction of sp³-hybridized carbons (Fsp3) is 0.625. The second kappa shape index (κ2) is 12.2. The van der Waals surface area contributed by atoms with Crippen LogP contribution in [0.4, 0.5) is 5.82 Å². The molecule has 0 radical (unpaired) electrons. The minimum atomic E-state index is -1.24. The van der Waals surface area contributed by atoms with Crippen molar-refractivity contribution < 1.29 is 14.3 Å². The van der Waals surface area contributed by atoms with Gasteiger partial charge in [-0.15, -0.1) is 0 Å². The molecule has 1 unspecified atom stereocenters. The molecule has 0 N–H and O–H groups in total. The Kier molecular flexibility index (Phi) is 9.66. The van der Waals surface area contributed by atoms with Gasteiger partial charge in [0.05, 0.1) is 5.41 Å². The fourth-order valence-corrected chi connectivity index (χ4v) is 7.99.